The maximum atomic E-state index is 14.6. The van der Waals surface area contributed by atoms with E-state index in [4.69, 9.17) is 28.5 Å². The van der Waals surface area contributed by atoms with Crippen molar-refractivity contribution in [3.05, 3.63) is 57.6 Å². The summed E-state index contributed by atoms with van der Waals surface area (Å²) in [6.45, 7) is 0. The molecule has 0 saturated carbocycles. The Morgan fingerprint density at radius 1 is 0.846 bits per heavy atom. The van der Waals surface area contributed by atoms with Crippen LogP contribution >= 0.6 is 23.2 Å². The standard InChI is InChI=1S/C16H6Cl2F7N/c17-10-5-11(14(19,15(20,21)22)16(23,24)25)13(12(18)6-10)9-3-1-2-8(4-9)7-26/h1-6H. The van der Waals surface area contributed by atoms with E-state index < -0.39 is 39.2 Å². The average Bonchev–Trinajstić information content (AvgIpc) is 2.51. The molecule has 10 heteroatoms. The molecule has 0 saturated heterocycles. The summed E-state index contributed by atoms with van der Waals surface area (Å²) in [5, 5.41) is 7.63. The van der Waals surface area contributed by atoms with Gasteiger partial charge in [0, 0.05) is 16.1 Å². The predicted octanol–water partition coefficient (Wildman–Crippen LogP) is 6.82. The van der Waals surface area contributed by atoms with Crippen molar-refractivity contribution in [1.29, 1.82) is 5.26 Å². The van der Waals surface area contributed by atoms with Crippen LogP contribution in [0.25, 0.3) is 11.1 Å². The fourth-order valence-corrected chi connectivity index (χ4v) is 2.95. The first kappa shape index (κ1) is 20.3. The summed E-state index contributed by atoms with van der Waals surface area (Å²) in [5.41, 5.74) is -8.73. The molecule has 0 aromatic heterocycles. The fourth-order valence-electron chi connectivity index (χ4n) is 2.35. The molecule has 0 amide bonds. The molecule has 0 N–H and O–H groups in total. The quantitative estimate of drug-likeness (QED) is 0.493. The molecule has 0 aliphatic heterocycles. The normalized spacial score (nSPS) is 12.8. The number of nitriles is 1. The van der Waals surface area contributed by atoms with Crippen LogP contribution in [-0.4, -0.2) is 12.4 Å². The van der Waals surface area contributed by atoms with E-state index in [1.807, 2.05) is 0 Å². The Bertz CT molecular complexity index is 868. The molecule has 0 atom stereocenters. The highest BCUT2D eigenvalue weighted by Crippen LogP contribution is 2.56. The summed E-state index contributed by atoms with van der Waals surface area (Å²) in [6.07, 6.45) is -12.7. The number of hydrogen-bond donors (Lipinski definition) is 0. The van der Waals surface area contributed by atoms with Gasteiger partial charge in [0.25, 0.3) is 0 Å². The van der Waals surface area contributed by atoms with Crippen molar-refractivity contribution >= 4 is 23.2 Å². The molecule has 138 valence electrons. The summed E-state index contributed by atoms with van der Waals surface area (Å²) in [5.74, 6) is 0. The fraction of sp³-hybridized carbons (Fsp3) is 0.188. The minimum Gasteiger partial charge on any atom is -0.218 e. The number of rotatable bonds is 2. The number of benzene rings is 2. The molecule has 2 aromatic carbocycles. The summed E-state index contributed by atoms with van der Waals surface area (Å²) in [6, 6.07) is 7.36. The largest absolute Gasteiger partial charge is 0.435 e. The van der Waals surface area contributed by atoms with Gasteiger partial charge in [0.05, 0.1) is 16.7 Å². The first-order valence-corrected chi connectivity index (χ1v) is 7.41. The molecule has 26 heavy (non-hydrogen) atoms. The van der Waals surface area contributed by atoms with Crippen LogP contribution < -0.4 is 0 Å². The molecular weight excluding hydrogens is 410 g/mol. The first-order chi connectivity index (χ1) is 11.8. The van der Waals surface area contributed by atoms with Gasteiger partial charge in [0.1, 0.15) is 0 Å². The van der Waals surface area contributed by atoms with Gasteiger partial charge in [-0.3, -0.25) is 0 Å². The Balaban J connectivity index is 2.95. The van der Waals surface area contributed by atoms with Crippen molar-refractivity contribution in [3.8, 4) is 17.2 Å². The van der Waals surface area contributed by atoms with Crippen LogP contribution in [0, 0.1) is 11.3 Å². The molecule has 0 spiro atoms. The molecule has 1 nitrogen and oxygen atoms in total. The number of hydrogen-bond acceptors (Lipinski definition) is 1. The molecule has 0 radical (unpaired) electrons. The SMILES string of the molecule is N#Cc1cccc(-c2c(Cl)cc(Cl)cc2C(F)(C(F)(F)F)C(F)(F)F)c1. The lowest BCUT2D eigenvalue weighted by molar-refractivity contribution is -0.348. The monoisotopic (exact) mass is 415 g/mol. The molecular formula is C16H6Cl2F7N. The molecule has 2 aromatic rings. The molecule has 0 unspecified atom stereocenters. The van der Waals surface area contributed by atoms with Crippen LogP contribution in [0.15, 0.2) is 36.4 Å². The van der Waals surface area contributed by atoms with Gasteiger partial charge in [-0.2, -0.15) is 31.6 Å². The van der Waals surface area contributed by atoms with Crippen LogP contribution in [0.2, 0.25) is 10.0 Å². The summed E-state index contributed by atoms with van der Waals surface area (Å²) < 4.78 is 93.5. The van der Waals surface area contributed by atoms with Gasteiger partial charge in [0.15, 0.2) is 0 Å². The minimum absolute atomic E-state index is 0.0667. The zero-order chi connectivity index (χ0) is 19.9. The Labute approximate surface area is 152 Å². The highest BCUT2D eigenvalue weighted by Gasteiger charge is 2.74. The van der Waals surface area contributed by atoms with Crippen molar-refractivity contribution in [2.45, 2.75) is 18.0 Å². The van der Waals surface area contributed by atoms with Gasteiger partial charge in [-0.15, -0.1) is 0 Å². The lowest BCUT2D eigenvalue weighted by Crippen LogP contribution is -2.50. The highest BCUT2D eigenvalue weighted by atomic mass is 35.5. The number of alkyl halides is 7. The van der Waals surface area contributed by atoms with Gasteiger partial charge in [0.2, 0.25) is 0 Å². The lowest BCUT2D eigenvalue weighted by atomic mass is 9.86. The van der Waals surface area contributed by atoms with E-state index >= 15 is 0 Å². The topological polar surface area (TPSA) is 23.8 Å². The van der Waals surface area contributed by atoms with E-state index in [9.17, 15) is 30.7 Å². The van der Waals surface area contributed by atoms with Crippen molar-refractivity contribution in [3.63, 3.8) is 0 Å². The zero-order valence-corrected chi connectivity index (χ0v) is 13.8. The summed E-state index contributed by atoms with van der Waals surface area (Å²) in [4.78, 5) is 0. The molecule has 2 rings (SSSR count). The van der Waals surface area contributed by atoms with Gasteiger partial charge < -0.3 is 0 Å². The Kier molecular flexibility index (Phi) is 5.19. The lowest BCUT2D eigenvalue weighted by Gasteiger charge is -2.32. The number of nitrogens with zero attached hydrogens (tertiary/aromatic N) is 1. The third kappa shape index (κ3) is 3.33. The maximum Gasteiger partial charge on any atom is 0.435 e. The first-order valence-electron chi connectivity index (χ1n) is 6.65. The Morgan fingerprint density at radius 3 is 1.92 bits per heavy atom. The van der Waals surface area contributed by atoms with E-state index in [0.717, 1.165) is 18.2 Å². The van der Waals surface area contributed by atoms with E-state index in [0.29, 0.717) is 0 Å². The third-order valence-corrected chi connectivity index (χ3v) is 4.00. The van der Waals surface area contributed by atoms with E-state index in [1.165, 1.54) is 12.1 Å². The van der Waals surface area contributed by atoms with Crippen molar-refractivity contribution in [2.75, 3.05) is 0 Å². The second-order valence-corrected chi connectivity index (χ2v) is 6.00. The van der Waals surface area contributed by atoms with Crippen LogP contribution in [0.4, 0.5) is 30.7 Å². The molecule has 0 aliphatic rings. The maximum absolute atomic E-state index is 14.6. The smallest absolute Gasteiger partial charge is 0.218 e. The average molecular weight is 416 g/mol. The summed E-state index contributed by atoms with van der Waals surface area (Å²) in [7, 11) is 0. The van der Waals surface area contributed by atoms with E-state index in [2.05, 4.69) is 0 Å². The van der Waals surface area contributed by atoms with Gasteiger partial charge in [-0.05, 0) is 29.8 Å². The molecule has 0 heterocycles. The van der Waals surface area contributed by atoms with Crippen LogP contribution in [-0.2, 0) is 5.67 Å². The van der Waals surface area contributed by atoms with Gasteiger partial charge in [-0.1, -0.05) is 35.3 Å². The van der Waals surface area contributed by atoms with Crippen LogP contribution in [0.5, 0.6) is 0 Å². The van der Waals surface area contributed by atoms with Crippen molar-refractivity contribution < 1.29 is 30.7 Å². The molecule has 0 fully saturated rings. The Hall–Kier alpha value is -1.98. The van der Waals surface area contributed by atoms with E-state index in [1.54, 1.807) is 6.07 Å². The minimum atomic E-state index is -6.33. The zero-order valence-electron chi connectivity index (χ0n) is 12.3. The second kappa shape index (κ2) is 6.63. The van der Waals surface area contributed by atoms with Gasteiger partial charge in [-0.25, -0.2) is 4.39 Å². The Morgan fingerprint density at radius 2 is 1.42 bits per heavy atom. The number of halogens is 9. The molecule has 0 bridgehead atoms. The molecule has 0 aliphatic carbocycles. The van der Waals surface area contributed by atoms with Crippen LogP contribution in [0.1, 0.15) is 11.1 Å². The summed E-state index contributed by atoms with van der Waals surface area (Å²) >= 11 is 11.3. The highest BCUT2D eigenvalue weighted by molar-refractivity contribution is 6.36. The predicted molar refractivity (Wildman–Crippen MR) is 81.5 cm³/mol. The van der Waals surface area contributed by atoms with Crippen LogP contribution in [0.3, 0.4) is 0 Å². The second-order valence-electron chi connectivity index (χ2n) is 5.16. The van der Waals surface area contributed by atoms with Crippen molar-refractivity contribution in [1.82, 2.24) is 0 Å². The van der Waals surface area contributed by atoms with Gasteiger partial charge >= 0.3 is 18.0 Å². The van der Waals surface area contributed by atoms with E-state index in [-0.39, 0.29) is 17.2 Å². The van der Waals surface area contributed by atoms with Crippen molar-refractivity contribution in [2.24, 2.45) is 0 Å². The third-order valence-electron chi connectivity index (χ3n) is 3.49.